The van der Waals surface area contributed by atoms with E-state index >= 15 is 0 Å². The molecule has 0 amide bonds. The lowest BCUT2D eigenvalue weighted by atomic mass is 10.2. The van der Waals surface area contributed by atoms with Crippen LogP contribution in [-0.2, 0) is 23.2 Å². The van der Waals surface area contributed by atoms with E-state index in [4.69, 9.17) is 5.11 Å². The summed E-state index contributed by atoms with van der Waals surface area (Å²) < 4.78 is 27.3. The zero-order chi connectivity index (χ0) is 13.9. The highest BCUT2D eigenvalue weighted by Crippen LogP contribution is 2.23. The summed E-state index contributed by atoms with van der Waals surface area (Å²) in [4.78, 5) is 4.12. The maximum atomic E-state index is 12.2. The van der Waals surface area contributed by atoms with Crippen LogP contribution < -0.4 is 4.72 Å². The van der Waals surface area contributed by atoms with Gasteiger partial charge in [0.05, 0.1) is 18.0 Å². The van der Waals surface area contributed by atoms with Crippen molar-refractivity contribution in [2.75, 3.05) is 0 Å². The van der Waals surface area contributed by atoms with Crippen molar-refractivity contribution in [3.8, 4) is 0 Å². The summed E-state index contributed by atoms with van der Waals surface area (Å²) in [6.07, 6.45) is 1.62. The van der Waals surface area contributed by atoms with Gasteiger partial charge in [0, 0.05) is 16.0 Å². The second-order valence-corrected chi connectivity index (χ2v) is 7.24. The smallest absolute Gasteiger partial charge is 0.242 e. The molecule has 0 unspecified atom stereocenters. The molecule has 1 heterocycles. The van der Waals surface area contributed by atoms with E-state index in [9.17, 15) is 8.42 Å². The molecule has 19 heavy (non-hydrogen) atoms. The standard InChI is InChI=1S/C11H11BrN2O3S2/c12-9-2-1-8(7-15)5-10(9)19(16,17)14-6-11-13-3-4-18-11/h1-5,14-15H,6-7H2. The number of nitrogens with one attached hydrogen (secondary N) is 1. The fourth-order valence-electron chi connectivity index (χ4n) is 1.43. The molecule has 0 aliphatic carbocycles. The topological polar surface area (TPSA) is 79.3 Å². The van der Waals surface area contributed by atoms with Gasteiger partial charge in [-0.15, -0.1) is 11.3 Å². The molecule has 0 saturated carbocycles. The molecule has 2 rings (SSSR count). The molecule has 0 spiro atoms. The fraction of sp³-hybridized carbons (Fsp3) is 0.182. The molecule has 2 aromatic rings. The van der Waals surface area contributed by atoms with Crippen LogP contribution in [0.2, 0.25) is 0 Å². The van der Waals surface area contributed by atoms with Crippen LogP contribution in [0, 0.1) is 0 Å². The number of hydrogen-bond acceptors (Lipinski definition) is 5. The Balaban J connectivity index is 2.23. The van der Waals surface area contributed by atoms with Crippen LogP contribution in [0.4, 0.5) is 0 Å². The van der Waals surface area contributed by atoms with Crippen LogP contribution in [0.1, 0.15) is 10.6 Å². The van der Waals surface area contributed by atoms with Crippen molar-refractivity contribution >= 4 is 37.3 Å². The summed E-state index contributed by atoms with van der Waals surface area (Å²) in [5.41, 5.74) is 0.540. The van der Waals surface area contributed by atoms with E-state index in [0.717, 1.165) is 0 Å². The van der Waals surface area contributed by atoms with Crippen molar-refractivity contribution < 1.29 is 13.5 Å². The molecule has 0 aliphatic heterocycles. The Morgan fingerprint density at radius 2 is 2.21 bits per heavy atom. The Kier molecular flexibility index (Phi) is 4.69. The summed E-state index contributed by atoms with van der Waals surface area (Å²) in [5.74, 6) is 0. The van der Waals surface area contributed by atoms with E-state index in [1.54, 1.807) is 23.7 Å². The Hall–Kier alpha value is -0.800. The molecule has 5 nitrogen and oxygen atoms in total. The number of halogens is 1. The van der Waals surface area contributed by atoms with Gasteiger partial charge in [0.1, 0.15) is 5.01 Å². The molecule has 8 heteroatoms. The molecule has 2 N–H and O–H groups in total. The van der Waals surface area contributed by atoms with E-state index < -0.39 is 10.0 Å². The van der Waals surface area contributed by atoms with Crippen molar-refractivity contribution in [1.29, 1.82) is 0 Å². The van der Waals surface area contributed by atoms with Crippen molar-refractivity contribution in [2.45, 2.75) is 18.0 Å². The van der Waals surface area contributed by atoms with Crippen LogP contribution in [0.3, 0.4) is 0 Å². The molecule has 0 atom stereocenters. The number of hydrogen-bond donors (Lipinski definition) is 2. The monoisotopic (exact) mass is 362 g/mol. The van der Waals surface area contributed by atoms with Crippen molar-refractivity contribution in [3.05, 3.63) is 44.8 Å². The number of benzene rings is 1. The average Bonchev–Trinajstić information content (AvgIpc) is 2.90. The molecular weight excluding hydrogens is 352 g/mol. The van der Waals surface area contributed by atoms with Crippen LogP contribution >= 0.6 is 27.3 Å². The predicted molar refractivity (Wildman–Crippen MR) is 76.2 cm³/mol. The van der Waals surface area contributed by atoms with Gasteiger partial charge in [0.2, 0.25) is 10.0 Å². The molecular formula is C11H11BrN2O3S2. The van der Waals surface area contributed by atoms with E-state index in [2.05, 4.69) is 25.6 Å². The third-order valence-corrected chi connectivity index (χ3v) is 5.54. The number of aromatic nitrogens is 1. The second-order valence-electron chi connectivity index (χ2n) is 3.67. The molecule has 0 aliphatic rings. The van der Waals surface area contributed by atoms with Crippen molar-refractivity contribution in [3.63, 3.8) is 0 Å². The zero-order valence-electron chi connectivity index (χ0n) is 9.71. The fourth-order valence-corrected chi connectivity index (χ4v) is 4.07. The minimum absolute atomic E-state index is 0.107. The summed E-state index contributed by atoms with van der Waals surface area (Å²) >= 11 is 4.58. The van der Waals surface area contributed by atoms with Gasteiger partial charge >= 0.3 is 0 Å². The molecule has 102 valence electrons. The highest BCUT2D eigenvalue weighted by Gasteiger charge is 2.18. The predicted octanol–water partition coefficient (Wildman–Crippen LogP) is 1.88. The van der Waals surface area contributed by atoms with Gasteiger partial charge in [-0.1, -0.05) is 6.07 Å². The lowest BCUT2D eigenvalue weighted by molar-refractivity contribution is 0.281. The highest BCUT2D eigenvalue weighted by atomic mass is 79.9. The maximum Gasteiger partial charge on any atom is 0.242 e. The molecule has 0 fully saturated rings. The number of rotatable bonds is 5. The van der Waals surface area contributed by atoms with Gasteiger partial charge < -0.3 is 5.11 Å². The largest absolute Gasteiger partial charge is 0.392 e. The van der Waals surface area contributed by atoms with Gasteiger partial charge in [0.25, 0.3) is 0 Å². The second kappa shape index (κ2) is 6.10. The van der Waals surface area contributed by atoms with E-state index in [0.29, 0.717) is 15.0 Å². The van der Waals surface area contributed by atoms with Crippen LogP contribution in [0.25, 0.3) is 0 Å². The van der Waals surface area contributed by atoms with Crippen molar-refractivity contribution in [2.24, 2.45) is 0 Å². The number of nitrogens with zero attached hydrogens (tertiary/aromatic N) is 1. The lowest BCUT2D eigenvalue weighted by Gasteiger charge is -2.08. The van der Waals surface area contributed by atoms with Gasteiger partial charge in [0.15, 0.2) is 0 Å². The summed E-state index contributed by atoms with van der Waals surface area (Å²) in [6, 6.07) is 4.70. The third kappa shape index (κ3) is 3.61. The quantitative estimate of drug-likeness (QED) is 0.850. The number of aliphatic hydroxyl groups is 1. The minimum Gasteiger partial charge on any atom is -0.392 e. The Labute approximate surface area is 123 Å². The third-order valence-electron chi connectivity index (χ3n) is 2.36. The van der Waals surface area contributed by atoms with Gasteiger partial charge in [-0.2, -0.15) is 0 Å². The summed E-state index contributed by atoms with van der Waals surface area (Å²) in [7, 11) is -3.64. The van der Waals surface area contributed by atoms with Gasteiger partial charge in [-0.25, -0.2) is 18.1 Å². The zero-order valence-corrected chi connectivity index (χ0v) is 12.9. The Morgan fingerprint density at radius 1 is 1.42 bits per heavy atom. The summed E-state index contributed by atoms with van der Waals surface area (Å²) in [6.45, 7) is -0.0575. The van der Waals surface area contributed by atoms with Crippen molar-refractivity contribution in [1.82, 2.24) is 9.71 Å². The first-order valence-electron chi connectivity index (χ1n) is 5.30. The first-order chi connectivity index (χ1) is 9.03. The summed E-state index contributed by atoms with van der Waals surface area (Å²) in [5, 5.41) is 11.5. The molecule has 1 aromatic heterocycles. The first kappa shape index (κ1) is 14.6. The Morgan fingerprint density at radius 3 is 2.84 bits per heavy atom. The highest BCUT2D eigenvalue weighted by molar-refractivity contribution is 9.10. The lowest BCUT2D eigenvalue weighted by Crippen LogP contribution is -2.23. The minimum atomic E-state index is -3.64. The first-order valence-corrected chi connectivity index (χ1v) is 8.46. The molecule has 0 saturated heterocycles. The molecule has 0 radical (unpaired) electrons. The van der Waals surface area contributed by atoms with Crippen LogP contribution in [0.15, 0.2) is 39.1 Å². The van der Waals surface area contributed by atoms with Gasteiger partial charge in [-0.3, -0.25) is 0 Å². The van der Waals surface area contributed by atoms with E-state index in [-0.39, 0.29) is 18.0 Å². The van der Waals surface area contributed by atoms with E-state index in [1.807, 2.05) is 0 Å². The normalized spacial score (nSPS) is 11.7. The number of sulfonamides is 1. The van der Waals surface area contributed by atoms with E-state index in [1.165, 1.54) is 17.4 Å². The average molecular weight is 363 g/mol. The van der Waals surface area contributed by atoms with Crippen LogP contribution in [0.5, 0.6) is 0 Å². The number of thiazole rings is 1. The maximum absolute atomic E-state index is 12.2. The molecule has 0 bridgehead atoms. The van der Waals surface area contributed by atoms with Crippen LogP contribution in [-0.4, -0.2) is 18.5 Å². The Bertz CT molecular complexity index is 657. The van der Waals surface area contributed by atoms with Gasteiger partial charge in [-0.05, 0) is 33.6 Å². The number of aliphatic hydroxyl groups excluding tert-OH is 1. The SMILES string of the molecule is O=S(=O)(NCc1nccs1)c1cc(CO)ccc1Br. The molecule has 1 aromatic carbocycles.